The Kier molecular flexibility index (Phi) is 6.43. The van der Waals surface area contributed by atoms with Crippen molar-refractivity contribution >= 4 is 0 Å². The molecule has 25 heavy (non-hydrogen) atoms. The number of hydrogen-bond donors (Lipinski definition) is 0. The summed E-state index contributed by atoms with van der Waals surface area (Å²) >= 11 is 0. The van der Waals surface area contributed by atoms with Gasteiger partial charge in [-0.05, 0) is 0 Å². The van der Waals surface area contributed by atoms with Gasteiger partial charge in [0.1, 0.15) is 13.3 Å². The lowest BCUT2D eigenvalue weighted by Crippen LogP contribution is -2.74. The zero-order valence-electron chi connectivity index (χ0n) is 12.6. The molecule has 0 nitrogen and oxygen atoms in total. The highest BCUT2D eigenvalue weighted by Gasteiger charge is 2.86. The maximum atomic E-state index is 14.7. The van der Waals surface area contributed by atoms with Crippen LogP contribution >= 0.6 is 0 Å². The van der Waals surface area contributed by atoms with Crippen LogP contribution in [-0.4, -0.2) is 49.6 Å². The first-order valence-corrected chi connectivity index (χ1v) is 6.40. The van der Waals surface area contributed by atoms with Crippen LogP contribution < -0.4 is 0 Å². The molecule has 0 rings (SSSR count). The minimum absolute atomic E-state index is 0.647. The molecule has 152 valence electrons. The topological polar surface area (TPSA) is 0 Å². The van der Waals surface area contributed by atoms with Gasteiger partial charge in [0, 0.05) is 0 Å². The van der Waals surface area contributed by atoms with Gasteiger partial charge in [-0.2, -0.15) is 30.7 Å². The van der Waals surface area contributed by atoms with Gasteiger partial charge in [0.2, 0.25) is 0 Å². The summed E-state index contributed by atoms with van der Waals surface area (Å²) in [7, 11) is 0. The molecule has 0 aliphatic rings. The first-order chi connectivity index (χ1) is 10.8. The standard InChI is InChI=1S/C12H13F13/c1-7(2,11(21,22)12(23,24)25)10(20,8(16,17)5-15)9(18,19)6(3-13)4-14/h6H,3-5H2,1-2H3. The molecule has 0 aromatic heterocycles. The largest absolute Gasteiger partial charge is 0.453 e. The second kappa shape index (κ2) is 6.67. The molecule has 1 unspecified atom stereocenters. The Morgan fingerprint density at radius 2 is 1.04 bits per heavy atom. The lowest BCUT2D eigenvalue weighted by atomic mass is 9.62. The van der Waals surface area contributed by atoms with Crippen molar-refractivity contribution in [2.75, 3.05) is 20.0 Å². The molecule has 0 fully saturated rings. The summed E-state index contributed by atoms with van der Waals surface area (Å²) in [5, 5.41) is 0. The van der Waals surface area contributed by atoms with Gasteiger partial charge >= 0.3 is 18.0 Å². The molecule has 0 saturated carbocycles. The number of rotatable bonds is 8. The van der Waals surface area contributed by atoms with Crippen molar-refractivity contribution < 1.29 is 57.1 Å². The zero-order chi connectivity index (χ0) is 20.7. The van der Waals surface area contributed by atoms with Crippen LogP contribution in [0.25, 0.3) is 0 Å². The lowest BCUT2D eigenvalue weighted by Gasteiger charge is -2.51. The highest BCUT2D eigenvalue weighted by atomic mass is 19.4. The van der Waals surface area contributed by atoms with E-state index in [1.165, 1.54) is 0 Å². The van der Waals surface area contributed by atoms with Crippen molar-refractivity contribution in [2.24, 2.45) is 11.3 Å². The summed E-state index contributed by atoms with van der Waals surface area (Å²) in [6.07, 6.45) is -6.79. The highest BCUT2D eigenvalue weighted by molar-refractivity contribution is 5.18. The van der Waals surface area contributed by atoms with E-state index in [0.29, 0.717) is 0 Å². The third-order valence-corrected chi connectivity index (χ3v) is 4.02. The van der Waals surface area contributed by atoms with Crippen LogP contribution in [0, 0.1) is 11.3 Å². The average molecular weight is 404 g/mol. The molecule has 0 amide bonds. The predicted molar refractivity (Wildman–Crippen MR) is 59.9 cm³/mol. The fraction of sp³-hybridized carbons (Fsp3) is 1.00. The highest BCUT2D eigenvalue weighted by Crippen LogP contribution is 2.64. The zero-order valence-corrected chi connectivity index (χ0v) is 12.6. The van der Waals surface area contributed by atoms with E-state index >= 15 is 0 Å². The summed E-state index contributed by atoms with van der Waals surface area (Å²) in [5.41, 5.74) is -11.3. The Bertz CT molecular complexity index is 448. The molecule has 0 aliphatic carbocycles. The smallest absolute Gasteiger partial charge is 0.250 e. The molecule has 0 aromatic carbocycles. The summed E-state index contributed by atoms with van der Waals surface area (Å²) < 4.78 is 172. The van der Waals surface area contributed by atoms with Gasteiger partial charge in [-0.15, -0.1) is 0 Å². The van der Waals surface area contributed by atoms with Crippen LogP contribution in [0.1, 0.15) is 13.8 Å². The SMILES string of the molecule is CC(C)(C(F)(F)C(F)(F)F)C(F)(C(F)(F)CF)C(F)(F)C(CF)CF. The summed E-state index contributed by atoms with van der Waals surface area (Å²) in [6, 6.07) is 0. The Morgan fingerprint density at radius 1 is 0.680 bits per heavy atom. The van der Waals surface area contributed by atoms with Gasteiger partial charge in [0.25, 0.3) is 11.6 Å². The predicted octanol–water partition coefficient (Wildman–Crippen LogP) is 5.71. The molecule has 0 N–H and O–H groups in total. The Balaban J connectivity index is 6.87. The third kappa shape index (κ3) is 3.15. The van der Waals surface area contributed by atoms with Crippen LogP contribution in [0.4, 0.5) is 57.1 Å². The van der Waals surface area contributed by atoms with Crippen LogP contribution in [0.3, 0.4) is 0 Å². The molecule has 0 spiro atoms. The maximum absolute atomic E-state index is 14.7. The molecule has 0 aliphatic heterocycles. The van der Waals surface area contributed by atoms with Crippen molar-refractivity contribution in [1.82, 2.24) is 0 Å². The first kappa shape index (κ1) is 24.1. The van der Waals surface area contributed by atoms with Gasteiger partial charge in [0.05, 0.1) is 11.3 Å². The van der Waals surface area contributed by atoms with Gasteiger partial charge in [0.15, 0.2) is 6.67 Å². The Hall–Kier alpha value is -0.910. The Morgan fingerprint density at radius 3 is 1.28 bits per heavy atom. The lowest BCUT2D eigenvalue weighted by molar-refractivity contribution is -0.392. The average Bonchev–Trinajstić information content (AvgIpc) is 2.45. The molecule has 0 aromatic rings. The fourth-order valence-corrected chi connectivity index (χ4v) is 2.30. The molecule has 0 bridgehead atoms. The fourth-order valence-electron chi connectivity index (χ4n) is 2.30. The quantitative estimate of drug-likeness (QED) is 0.455. The summed E-state index contributed by atoms with van der Waals surface area (Å²) in [6.45, 7) is -9.87. The first-order valence-electron chi connectivity index (χ1n) is 6.40. The van der Waals surface area contributed by atoms with Gasteiger partial charge < -0.3 is 0 Å². The summed E-state index contributed by atoms with van der Waals surface area (Å²) in [5.74, 6) is -22.4. The van der Waals surface area contributed by atoms with E-state index < -0.39 is 74.8 Å². The van der Waals surface area contributed by atoms with E-state index in [9.17, 15) is 57.1 Å². The van der Waals surface area contributed by atoms with Crippen LogP contribution in [0.2, 0.25) is 0 Å². The monoisotopic (exact) mass is 404 g/mol. The van der Waals surface area contributed by atoms with Crippen molar-refractivity contribution in [3.05, 3.63) is 0 Å². The van der Waals surface area contributed by atoms with E-state index in [0.717, 1.165) is 0 Å². The van der Waals surface area contributed by atoms with Crippen molar-refractivity contribution in [3.8, 4) is 0 Å². The van der Waals surface area contributed by atoms with E-state index in [-0.39, 0.29) is 0 Å². The number of hydrogen-bond acceptors (Lipinski definition) is 0. The second-order valence-electron chi connectivity index (χ2n) is 5.82. The molecule has 13 heteroatoms. The van der Waals surface area contributed by atoms with Crippen LogP contribution in [0.15, 0.2) is 0 Å². The van der Waals surface area contributed by atoms with Crippen LogP contribution in [-0.2, 0) is 0 Å². The van der Waals surface area contributed by atoms with Crippen molar-refractivity contribution in [1.29, 1.82) is 0 Å². The van der Waals surface area contributed by atoms with Crippen LogP contribution in [0.5, 0.6) is 0 Å². The van der Waals surface area contributed by atoms with Gasteiger partial charge in [-0.25, -0.2) is 17.6 Å². The van der Waals surface area contributed by atoms with E-state index in [2.05, 4.69) is 0 Å². The molecule has 0 saturated heterocycles. The minimum atomic E-state index is -6.79. The van der Waals surface area contributed by atoms with Crippen molar-refractivity contribution in [3.63, 3.8) is 0 Å². The third-order valence-electron chi connectivity index (χ3n) is 4.02. The number of alkyl halides is 13. The normalized spacial score (nSPS) is 17.8. The second-order valence-corrected chi connectivity index (χ2v) is 5.82. The maximum Gasteiger partial charge on any atom is 0.453 e. The molecular weight excluding hydrogens is 391 g/mol. The molecule has 0 radical (unpaired) electrons. The Labute approximate surface area is 133 Å². The minimum Gasteiger partial charge on any atom is -0.250 e. The van der Waals surface area contributed by atoms with Crippen molar-refractivity contribution in [2.45, 2.75) is 43.5 Å². The van der Waals surface area contributed by atoms with E-state index in [4.69, 9.17) is 0 Å². The number of halogens is 13. The van der Waals surface area contributed by atoms with Gasteiger partial charge in [-0.3, -0.25) is 8.78 Å². The molecule has 1 atom stereocenters. The summed E-state index contributed by atoms with van der Waals surface area (Å²) in [4.78, 5) is 0. The van der Waals surface area contributed by atoms with E-state index in [1.54, 1.807) is 0 Å². The molecule has 0 heterocycles. The van der Waals surface area contributed by atoms with E-state index in [1.807, 2.05) is 0 Å². The molecular formula is C12H13F13. The van der Waals surface area contributed by atoms with Gasteiger partial charge in [-0.1, -0.05) is 13.8 Å².